The molecule has 0 bridgehead atoms. The highest BCUT2D eigenvalue weighted by Crippen LogP contribution is 2.17. The van der Waals surface area contributed by atoms with E-state index < -0.39 is 0 Å². The second-order valence-corrected chi connectivity index (χ2v) is 4.61. The number of aryl methyl sites for hydroxylation is 1. The van der Waals surface area contributed by atoms with Gasteiger partial charge in [0.2, 0.25) is 11.8 Å². The quantitative estimate of drug-likeness (QED) is 0.869. The van der Waals surface area contributed by atoms with Crippen LogP contribution in [-0.2, 0) is 4.79 Å². The Kier molecular flexibility index (Phi) is 3.78. The van der Waals surface area contributed by atoms with Crippen LogP contribution in [0, 0.1) is 13.8 Å². The van der Waals surface area contributed by atoms with Crippen LogP contribution in [0.2, 0.25) is 0 Å². The molecule has 17 heavy (non-hydrogen) atoms. The molecule has 2 heterocycles. The fourth-order valence-electron chi connectivity index (χ4n) is 2.02. The highest BCUT2D eigenvalue weighted by atomic mass is 16.5. The summed E-state index contributed by atoms with van der Waals surface area (Å²) in [4.78, 5) is 14.0. The number of anilines is 1. The first-order valence-corrected chi connectivity index (χ1v) is 6.12. The number of hydrogen-bond acceptors (Lipinski definition) is 4. The normalized spacial score (nSPS) is 17.1. The van der Waals surface area contributed by atoms with Gasteiger partial charge in [-0.15, -0.1) is 0 Å². The summed E-state index contributed by atoms with van der Waals surface area (Å²) in [6.07, 6.45) is 3.65. The summed E-state index contributed by atoms with van der Waals surface area (Å²) in [6, 6.07) is 0. The minimum atomic E-state index is -0.0221. The van der Waals surface area contributed by atoms with Crippen molar-refractivity contribution in [3.8, 4) is 0 Å². The molecule has 5 nitrogen and oxygen atoms in total. The molecular weight excluding hydrogens is 218 g/mol. The lowest BCUT2D eigenvalue weighted by Crippen LogP contribution is -2.36. The van der Waals surface area contributed by atoms with E-state index >= 15 is 0 Å². The average molecular weight is 237 g/mol. The predicted octanol–water partition coefficient (Wildman–Crippen LogP) is 1.72. The Balaban J connectivity index is 1.86. The maximum Gasteiger partial charge on any atom is 0.240 e. The van der Waals surface area contributed by atoms with E-state index in [-0.39, 0.29) is 5.91 Å². The Morgan fingerprint density at radius 1 is 1.35 bits per heavy atom. The van der Waals surface area contributed by atoms with Gasteiger partial charge in [-0.2, -0.15) is 0 Å². The third-order valence-electron chi connectivity index (χ3n) is 3.23. The van der Waals surface area contributed by atoms with E-state index in [0.717, 1.165) is 24.3 Å². The molecule has 1 N–H and O–H groups in total. The van der Waals surface area contributed by atoms with Gasteiger partial charge in [-0.05, 0) is 39.8 Å². The van der Waals surface area contributed by atoms with Crippen LogP contribution in [0.5, 0.6) is 0 Å². The van der Waals surface area contributed by atoms with Crippen molar-refractivity contribution >= 4 is 11.8 Å². The third kappa shape index (κ3) is 3.06. The molecule has 0 aliphatic carbocycles. The number of hydrogen-bond donors (Lipinski definition) is 1. The van der Waals surface area contributed by atoms with Gasteiger partial charge in [-0.1, -0.05) is 11.6 Å². The minimum absolute atomic E-state index is 0.0221. The lowest BCUT2D eigenvalue weighted by molar-refractivity contribution is -0.117. The van der Waals surface area contributed by atoms with Gasteiger partial charge < -0.3 is 4.52 Å². The Bertz CT molecular complexity index is 394. The second-order valence-electron chi connectivity index (χ2n) is 4.61. The summed E-state index contributed by atoms with van der Waals surface area (Å²) in [5.41, 5.74) is 1.72. The maximum absolute atomic E-state index is 11.8. The summed E-state index contributed by atoms with van der Waals surface area (Å²) in [5.74, 6) is 0.454. The number of nitrogens with one attached hydrogen (secondary N) is 1. The fourth-order valence-corrected chi connectivity index (χ4v) is 2.02. The van der Waals surface area contributed by atoms with Gasteiger partial charge in [0, 0.05) is 5.56 Å². The van der Waals surface area contributed by atoms with Crippen LogP contribution in [0.15, 0.2) is 4.52 Å². The van der Waals surface area contributed by atoms with Gasteiger partial charge in [0.1, 0.15) is 0 Å². The predicted molar refractivity (Wildman–Crippen MR) is 64.9 cm³/mol. The average Bonchev–Trinajstić information content (AvgIpc) is 2.62. The van der Waals surface area contributed by atoms with Gasteiger partial charge in [0.05, 0.1) is 12.2 Å². The monoisotopic (exact) mass is 237 g/mol. The van der Waals surface area contributed by atoms with Crippen LogP contribution in [0.4, 0.5) is 5.88 Å². The van der Waals surface area contributed by atoms with E-state index in [1.165, 1.54) is 19.3 Å². The number of piperidine rings is 1. The fraction of sp³-hybridized carbons (Fsp3) is 0.667. The van der Waals surface area contributed by atoms with E-state index in [1.54, 1.807) is 0 Å². The number of amides is 1. The van der Waals surface area contributed by atoms with Crippen molar-refractivity contribution in [2.24, 2.45) is 0 Å². The van der Waals surface area contributed by atoms with Crippen molar-refractivity contribution in [3.63, 3.8) is 0 Å². The van der Waals surface area contributed by atoms with E-state index in [4.69, 9.17) is 4.52 Å². The van der Waals surface area contributed by atoms with Gasteiger partial charge >= 0.3 is 0 Å². The zero-order valence-electron chi connectivity index (χ0n) is 10.5. The number of likely N-dealkylation sites (tertiary alicyclic amines) is 1. The maximum atomic E-state index is 11.8. The zero-order valence-corrected chi connectivity index (χ0v) is 10.5. The number of carbonyl (C=O) groups is 1. The van der Waals surface area contributed by atoms with Gasteiger partial charge in [-0.25, -0.2) is 0 Å². The van der Waals surface area contributed by atoms with Crippen molar-refractivity contribution in [3.05, 3.63) is 11.3 Å². The Morgan fingerprint density at radius 2 is 2.06 bits per heavy atom. The molecule has 0 atom stereocenters. The first kappa shape index (κ1) is 12.1. The van der Waals surface area contributed by atoms with Crippen LogP contribution in [0.1, 0.15) is 30.5 Å². The SMILES string of the molecule is Cc1noc(NC(=O)CN2CCCCC2)c1C. The molecule has 1 saturated heterocycles. The van der Waals surface area contributed by atoms with E-state index in [1.807, 2.05) is 13.8 Å². The summed E-state index contributed by atoms with van der Waals surface area (Å²) in [5, 5.41) is 6.58. The lowest BCUT2D eigenvalue weighted by Gasteiger charge is -2.25. The molecule has 2 rings (SSSR count). The minimum Gasteiger partial charge on any atom is -0.338 e. The summed E-state index contributed by atoms with van der Waals surface area (Å²) in [7, 11) is 0. The highest BCUT2D eigenvalue weighted by Gasteiger charge is 2.16. The number of nitrogens with zero attached hydrogens (tertiary/aromatic N) is 2. The smallest absolute Gasteiger partial charge is 0.240 e. The molecule has 1 aliphatic rings. The molecule has 1 aromatic rings. The molecule has 1 aromatic heterocycles. The van der Waals surface area contributed by atoms with Crippen LogP contribution in [0.3, 0.4) is 0 Å². The second kappa shape index (κ2) is 5.31. The Morgan fingerprint density at radius 3 is 2.65 bits per heavy atom. The summed E-state index contributed by atoms with van der Waals surface area (Å²) in [6.45, 7) is 6.23. The van der Waals surface area contributed by atoms with Crippen molar-refractivity contribution < 1.29 is 9.32 Å². The lowest BCUT2D eigenvalue weighted by atomic mass is 10.1. The number of aromatic nitrogens is 1. The topological polar surface area (TPSA) is 58.4 Å². The number of carbonyl (C=O) groups excluding carboxylic acids is 1. The van der Waals surface area contributed by atoms with Crippen molar-refractivity contribution in [1.82, 2.24) is 10.1 Å². The summed E-state index contributed by atoms with van der Waals surface area (Å²) < 4.78 is 5.05. The third-order valence-corrected chi connectivity index (χ3v) is 3.23. The molecule has 0 aromatic carbocycles. The van der Waals surface area contributed by atoms with Crippen LogP contribution < -0.4 is 5.32 Å². The number of rotatable bonds is 3. The molecule has 0 radical (unpaired) electrons. The molecule has 1 amide bonds. The standard InChI is InChI=1S/C12H19N3O2/c1-9-10(2)14-17-12(9)13-11(16)8-15-6-4-3-5-7-15/h3-8H2,1-2H3,(H,13,16). The Hall–Kier alpha value is -1.36. The molecule has 0 spiro atoms. The van der Waals surface area contributed by atoms with Gasteiger partial charge in [-0.3, -0.25) is 15.0 Å². The molecule has 1 fully saturated rings. The van der Waals surface area contributed by atoms with E-state index in [0.29, 0.717) is 12.4 Å². The molecule has 94 valence electrons. The van der Waals surface area contributed by atoms with Crippen LogP contribution in [-0.4, -0.2) is 35.6 Å². The van der Waals surface area contributed by atoms with Crippen molar-refractivity contribution in [2.75, 3.05) is 25.0 Å². The Labute approximate surface area is 101 Å². The largest absolute Gasteiger partial charge is 0.338 e. The molecule has 0 unspecified atom stereocenters. The van der Waals surface area contributed by atoms with Gasteiger partial charge in [0.15, 0.2) is 0 Å². The first-order valence-electron chi connectivity index (χ1n) is 6.12. The van der Waals surface area contributed by atoms with E-state index in [2.05, 4.69) is 15.4 Å². The van der Waals surface area contributed by atoms with Crippen molar-refractivity contribution in [2.45, 2.75) is 33.1 Å². The van der Waals surface area contributed by atoms with Gasteiger partial charge in [0.25, 0.3) is 0 Å². The highest BCUT2D eigenvalue weighted by molar-refractivity contribution is 5.91. The first-order chi connectivity index (χ1) is 8.16. The molecule has 5 heteroatoms. The van der Waals surface area contributed by atoms with Crippen LogP contribution >= 0.6 is 0 Å². The molecule has 1 aliphatic heterocycles. The van der Waals surface area contributed by atoms with Crippen molar-refractivity contribution in [1.29, 1.82) is 0 Å². The summed E-state index contributed by atoms with van der Waals surface area (Å²) >= 11 is 0. The van der Waals surface area contributed by atoms with Crippen LogP contribution in [0.25, 0.3) is 0 Å². The van der Waals surface area contributed by atoms with E-state index in [9.17, 15) is 4.79 Å². The molecular formula is C12H19N3O2. The molecule has 0 saturated carbocycles. The zero-order chi connectivity index (χ0) is 12.3.